The molecule has 0 spiro atoms. The Morgan fingerprint density at radius 3 is 2.93 bits per heavy atom. The number of ether oxygens (including phenoxy) is 1. The first kappa shape index (κ1) is 18.9. The van der Waals surface area contributed by atoms with Crippen LogP contribution in [0.3, 0.4) is 0 Å². The molecule has 1 aromatic carbocycles. The number of nitriles is 1. The van der Waals surface area contributed by atoms with Crippen molar-refractivity contribution in [1.82, 2.24) is 20.0 Å². The first-order chi connectivity index (χ1) is 13.5. The second-order valence-corrected chi connectivity index (χ2v) is 6.20. The predicted octanol–water partition coefficient (Wildman–Crippen LogP) is 1.32. The van der Waals surface area contributed by atoms with E-state index in [1.165, 1.54) is 12.0 Å². The first-order valence-corrected chi connectivity index (χ1v) is 8.43. The van der Waals surface area contributed by atoms with Crippen molar-refractivity contribution in [3.8, 4) is 17.3 Å². The van der Waals surface area contributed by atoms with Gasteiger partial charge in [-0.3, -0.25) is 14.3 Å². The summed E-state index contributed by atoms with van der Waals surface area (Å²) in [7, 11) is 1.25. The fourth-order valence-electron chi connectivity index (χ4n) is 3.05. The van der Waals surface area contributed by atoms with Gasteiger partial charge in [-0.15, -0.1) is 0 Å². The number of nitrogens with zero attached hydrogens (tertiary/aromatic N) is 4. The monoisotopic (exact) mass is 382 g/mol. The number of rotatable bonds is 5. The van der Waals surface area contributed by atoms with Crippen molar-refractivity contribution in [2.75, 3.05) is 25.6 Å². The maximum absolute atomic E-state index is 12.8. The van der Waals surface area contributed by atoms with E-state index in [1.807, 2.05) is 13.0 Å². The van der Waals surface area contributed by atoms with Crippen LogP contribution in [0.15, 0.2) is 24.3 Å². The molecule has 10 heteroatoms. The standard InChI is InChI=1S/C18H18N6O4/c1-11-8-23(9-20-18(27)28-2)17(26)16-6-15(22-24(11)16)13-4-3-12(7-19)5-14(13)21-10-25/h3-6,10-11H,8-9H2,1-2H3,(H,20,27)(H,21,25). The number of nitrogens with one attached hydrogen (secondary N) is 2. The third-order valence-corrected chi connectivity index (χ3v) is 4.38. The van der Waals surface area contributed by atoms with Gasteiger partial charge in [0.15, 0.2) is 0 Å². The van der Waals surface area contributed by atoms with Gasteiger partial charge in [0.05, 0.1) is 42.8 Å². The Labute approximate surface area is 160 Å². The number of aromatic nitrogens is 2. The van der Waals surface area contributed by atoms with Gasteiger partial charge < -0.3 is 20.3 Å². The van der Waals surface area contributed by atoms with Crippen molar-refractivity contribution in [3.63, 3.8) is 0 Å². The minimum Gasteiger partial charge on any atom is -0.453 e. The van der Waals surface area contributed by atoms with Crippen LogP contribution < -0.4 is 10.6 Å². The van der Waals surface area contributed by atoms with E-state index in [1.54, 1.807) is 28.9 Å². The lowest BCUT2D eigenvalue weighted by atomic mass is 10.1. The van der Waals surface area contributed by atoms with Gasteiger partial charge in [0, 0.05) is 12.1 Å². The lowest BCUT2D eigenvalue weighted by molar-refractivity contribution is -0.105. The second kappa shape index (κ2) is 7.79. The molecule has 2 heterocycles. The minimum absolute atomic E-state index is 0.0190. The zero-order valence-corrected chi connectivity index (χ0v) is 15.3. The van der Waals surface area contributed by atoms with Gasteiger partial charge in [0.25, 0.3) is 5.91 Å². The van der Waals surface area contributed by atoms with E-state index < -0.39 is 6.09 Å². The van der Waals surface area contributed by atoms with E-state index in [4.69, 9.17) is 5.26 Å². The highest BCUT2D eigenvalue weighted by Crippen LogP contribution is 2.31. The normalized spacial score (nSPS) is 15.4. The molecule has 1 aliphatic heterocycles. The van der Waals surface area contributed by atoms with Gasteiger partial charge in [0.1, 0.15) is 5.69 Å². The molecule has 0 aliphatic carbocycles. The summed E-state index contributed by atoms with van der Waals surface area (Å²) < 4.78 is 6.15. The molecule has 144 valence electrons. The Hall–Kier alpha value is -3.87. The second-order valence-electron chi connectivity index (χ2n) is 6.20. The minimum atomic E-state index is -0.623. The number of alkyl carbamates (subject to hydrolysis) is 1. The molecular formula is C18H18N6O4. The Morgan fingerprint density at radius 1 is 1.46 bits per heavy atom. The van der Waals surface area contributed by atoms with E-state index >= 15 is 0 Å². The molecule has 0 radical (unpaired) electrons. The van der Waals surface area contributed by atoms with Crippen molar-refractivity contribution in [2.45, 2.75) is 13.0 Å². The average molecular weight is 382 g/mol. The first-order valence-electron chi connectivity index (χ1n) is 8.43. The van der Waals surface area contributed by atoms with Gasteiger partial charge in [-0.2, -0.15) is 10.4 Å². The third kappa shape index (κ3) is 3.50. The summed E-state index contributed by atoms with van der Waals surface area (Å²) in [6.45, 7) is 2.29. The lowest BCUT2D eigenvalue weighted by Crippen LogP contribution is -2.47. The van der Waals surface area contributed by atoms with Gasteiger partial charge in [0.2, 0.25) is 6.41 Å². The highest BCUT2D eigenvalue weighted by Gasteiger charge is 2.31. The van der Waals surface area contributed by atoms with Crippen LogP contribution in [0.5, 0.6) is 0 Å². The lowest BCUT2D eigenvalue weighted by Gasteiger charge is -2.31. The number of anilines is 1. The van der Waals surface area contributed by atoms with Gasteiger partial charge in [-0.1, -0.05) is 0 Å². The van der Waals surface area contributed by atoms with Crippen molar-refractivity contribution in [3.05, 3.63) is 35.5 Å². The molecule has 1 atom stereocenters. The predicted molar refractivity (Wildman–Crippen MR) is 98.2 cm³/mol. The molecule has 2 N–H and O–H groups in total. The zero-order chi connectivity index (χ0) is 20.3. The molecule has 1 aromatic heterocycles. The number of fused-ring (bicyclic) bond motifs is 1. The van der Waals surface area contributed by atoms with Gasteiger partial charge in [-0.05, 0) is 31.2 Å². The summed E-state index contributed by atoms with van der Waals surface area (Å²) in [5, 5.41) is 18.6. The molecule has 0 fully saturated rings. The number of hydrogen-bond acceptors (Lipinski definition) is 6. The fraction of sp³-hybridized carbons (Fsp3) is 0.278. The SMILES string of the molecule is COC(=O)NCN1CC(C)n2nc(-c3ccc(C#N)cc3NC=O)cc2C1=O. The van der Waals surface area contributed by atoms with E-state index in [2.05, 4.69) is 20.5 Å². The smallest absolute Gasteiger partial charge is 0.408 e. The topological polar surface area (TPSA) is 129 Å². The van der Waals surface area contributed by atoms with Crippen LogP contribution >= 0.6 is 0 Å². The number of hydrogen-bond donors (Lipinski definition) is 2. The molecule has 28 heavy (non-hydrogen) atoms. The Bertz CT molecular complexity index is 977. The largest absolute Gasteiger partial charge is 0.453 e. The van der Waals surface area contributed by atoms with E-state index in [-0.39, 0.29) is 18.6 Å². The van der Waals surface area contributed by atoms with E-state index in [9.17, 15) is 14.4 Å². The molecule has 1 aliphatic rings. The van der Waals surface area contributed by atoms with Crippen molar-refractivity contribution in [1.29, 1.82) is 5.26 Å². The third-order valence-electron chi connectivity index (χ3n) is 4.38. The van der Waals surface area contributed by atoms with Crippen LogP contribution in [0.1, 0.15) is 29.0 Å². The van der Waals surface area contributed by atoms with Crippen molar-refractivity contribution in [2.24, 2.45) is 0 Å². The summed E-state index contributed by atoms with van der Waals surface area (Å²) in [5.41, 5.74) is 2.26. The maximum Gasteiger partial charge on any atom is 0.408 e. The molecule has 1 unspecified atom stereocenters. The quantitative estimate of drug-likeness (QED) is 0.750. The molecule has 0 saturated heterocycles. The van der Waals surface area contributed by atoms with Crippen LogP contribution in [-0.2, 0) is 9.53 Å². The molecule has 2 aromatic rings. The Morgan fingerprint density at radius 2 is 2.25 bits per heavy atom. The molecular weight excluding hydrogens is 364 g/mol. The van der Waals surface area contributed by atoms with Crippen LogP contribution in [0.25, 0.3) is 11.3 Å². The fourth-order valence-corrected chi connectivity index (χ4v) is 3.05. The Balaban J connectivity index is 1.94. The number of carbonyl (C=O) groups is 3. The molecule has 10 nitrogen and oxygen atoms in total. The number of methoxy groups -OCH3 is 1. The van der Waals surface area contributed by atoms with Crippen LogP contribution in [0.2, 0.25) is 0 Å². The summed E-state index contributed by atoms with van der Waals surface area (Å²) in [4.78, 5) is 36.5. The summed E-state index contributed by atoms with van der Waals surface area (Å²) in [6, 6.07) is 8.34. The molecule has 0 saturated carbocycles. The maximum atomic E-state index is 12.8. The number of benzene rings is 1. The highest BCUT2D eigenvalue weighted by molar-refractivity contribution is 5.95. The van der Waals surface area contributed by atoms with Crippen LogP contribution in [0, 0.1) is 11.3 Å². The number of carbonyl (C=O) groups excluding carboxylic acids is 3. The van der Waals surface area contributed by atoms with E-state index in [0.29, 0.717) is 41.2 Å². The van der Waals surface area contributed by atoms with Gasteiger partial charge >= 0.3 is 6.09 Å². The van der Waals surface area contributed by atoms with Crippen LogP contribution in [-0.4, -0.2) is 53.4 Å². The molecule has 0 bridgehead atoms. The molecule has 3 amide bonds. The van der Waals surface area contributed by atoms with E-state index in [0.717, 1.165) is 0 Å². The highest BCUT2D eigenvalue weighted by atomic mass is 16.5. The summed E-state index contributed by atoms with van der Waals surface area (Å²) >= 11 is 0. The van der Waals surface area contributed by atoms with Crippen molar-refractivity contribution < 1.29 is 19.1 Å². The summed E-state index contributed by atoms with van der Waals surface area (Å²) in [6.07, 6.45) is -0.105. The molecule has 3 rings (SSSR count). The van der Waals surface area contributed by atoms with Crippen molar-refractivity contribution >= 4 is 24.1 Å². The number of amides is 3. The summed E-state index contributed by atoms with van der Waals surface area (Å²) in [5.74, 6) is -0.285. The Kier molecular flexibility index (Phi) is 5.26. The average Bonchev–Trinajstić information content (AvgIpc) is 3.15. The van der Waals surface area contributed by atoms with Gasteiger partial charge in [-0.25, -0.2) is 4.79 Å². The van der Waals surface area contributed by atoms with Crippen LogP contribution in [0.4, 0.5) is 10.5 Å². The zero-order valence-electron chi connectivity index (χ0n) is 15.3.